The summed E-state index contributed by atoms with van der Waals surface area (Å²) in [5, 5.41) is 4.77. The van der Waals surface area contributed by atoms with Gasteiger partial charge in [0, 0.05) is 12.8 Å². The molecule has 0 aliphatic rings. The average molecular weight is 370 g/mol. The lowest BCUT2D eigenvalue weighted by molar-refractivity contribution is -0.145. The van der Waals surface area contributed by atoms with Gasteiger partial charge in [0.15, 0.2) is 0 Å². The summed E-state index contributed by atoms with van der Waals surface area (Å²) in [5.41, 5.74) is -0.772. The molecule has 26 heavy (non-hydrogen) atoms. The van der Waals surface area contributed by atoms with Crippen LogP contribution in [0.2, 0.25) is 0 Å². The second-order valence-electron chi connectivity index (χ2n) is 6.31. The van der Waals surface area contributed by atoms with Gasteiger partial charge < -0.3 is 24.8 Å². The summed E-state index contributed by atoms with van der Waals surface area (Å²) in [7, 11) is 2.37. The number of methoxy groups -OCH3 is 2. The Bertz CT molecular complexity index is 560. The number of ether oxygens (including phenoxy) is 3. The zero-order valence-corrected chi connectivity index (χ0v) is 15.7. The molecule has 0 saturated carbocycles. The number of alkyl carbamates (subject to hydrolysis) is 1. The molecular weight excluding hydrogens is 344 g/mol. The van der Waals surface area contributed by atoms with E-state index in [0.717, 1.165) is 7.11 Å². The Labute approximate surface area is 153 Å². The molecule has 0 aliphatic heterocycles. The lowest BCUT2D eigenvalue weighted by atomic mass is 10.1. The molecule has 9 heteroatoms. The fraction of sp³-hybridized carbons (Fsp3) is 0.647. The van der Waals surface area contributed by atoms with Gasteiger partial charge in [-0.3, -0.25) is 9.59 Å². The van der Waals surface area contributed by atoms with Crippen LogP contribution in [0, 0.1) is 12.3 Å². The minimum absolute atomic E-state index is 0.0539. The molecule has 0 heterocycles. The van der Waals surface area contributed by atoms with Crippen LogP contribution in [0.25, 0.3) is 0 Å². The first-order valence-corrected chi connectivity index (χ1v) is 7.92. The molecule has 0 bridgehead atoms. The fourth-order valence-electron chi connectivity index (χ4n) is 1.81. The molecule has 9 nitrogen and oxygen atoms in total. The third-order valence-corrected chi connectivity index (χ3v) is 3.00. The van der Waals surface area contributed by atoms with Gasteiger partial charge in [0.2, 0.25) is 5.91 Å². The highest BCUT2D eigenvalue weighted by Crippen LogP contribution is 2.08. The van der Waals surface area contributed by atoms with Crippen molar-refractivity contribution in [2.75, 3.05) is 14.2 Å². The average Bonchev–Trinajstić information content (AvgIpc) is 2.55. The standard InChI is InChI=1S/C17H26N2O7/c1-7-8-12(15(22)25-6)18-14(21)11(9-10-13(20)24-5)19-16(23)26-17(2,3)4/h1,11-12H,8-10H2,2-6H3,(H,18,21)(H,19,23). The molecule has 2 N–H and O–H groups in total. The van der Waals surface area contributed by atoms with Gasteiger partial charge in [-0.25, -0.2) is 9.59 Å². The van der Waals surface area contributed by atoms with Crippen LogP contribution >= 0.6 is 0 Å². The van der Waals surface area contributed by atoms with Gasteiger partial charge in [-0.05, 0) is 27.2 Å². The van der Waals surface area contributed by atoms with E-state index in [1.54, 1.807) is 20.8 Å². The molecular formula is C17H26N2O7. The molecule has 0 aromatic carbocycles. The molecule has 0 radical (unpaired) electrons. The molecule has 2 atom stereocenters. The molecule has 0 saturated heterocycles. The van der Waals surface area contributed by atoms with Crippen LogP contribution in [0.1, 0.15) is 40.0 Å². The third-order valence-electron chi connectivity index (χ3n) is 3.00. The van der Waals surface area contributed by atoms with Gasteiger partial charge in [0.05, 0.1) is 14.2 Å². The van der Waals surface area contributed by atoms with E-state index in [0.29, 0.717) is 0 Å². The number of amides is 2. The Kier molecular flexibility index (Phi) is 9.81. The van der Waals surface area contributed by atoms with Crippen molar-refractivity contribution in [3.63, 3.8) is 0 Å². The summed E-state index contributed by atoms with van der Waals surface area (Å²) in [4.78, 5) is 47.4. The topological polar surface area (TPSA) is 120 Å². The number of terminal acetylenes is 1. The number of esters is 2. The van der Waals surface area contributed by atoms with E-state index in [1.165, 1.54) is 7.11 Å². The predicted molar refractivity (Wildman–Crippen MR) is 91.8 cm³/mol. The highest BCUT2D eigenvalue weighted by molar-refractivity contribution is 5.90. The monoisotopic (exact) mass is 370 g/mol. The van der Waals surface area contributed by atoms with Crippen LogP contribution < -0.4 is 10.6 Å². The number of rotatable bonds is 8. The van der Waals surface area contributed by atoms with Gasteiger partial charge in [0.25, 0.3) is 0 Å². The Hall–Kier alpha value is -2.76. The van der Waals surface area contributed by atoms with Crippen molar-refractivity contribution in [1.29, 1.82) is 0 Å². The number of carbonyl (C=O) groups is 4. The molecule has 0 spiro atoms. The van der Waals surface area contributed by atoms with Gasteiger partial charge in [-0.2, -0.15) is 0 Å². The van der Waals surface area contributed by atoms with Crippen LogP contribution in [-0.4, -0.2) is 55.8 Å². The quantitative estimate of drug-likeness (QED) is 0.363. The zero-order chi connectivity index (χ0) is 20.3. The Morgan fingerprint density at radius 2 is 1.65 bits per heavy atom. The van der Waals surface area contributed by atoms with Crippen LogP contribution in [0.4, 0.5) is 4.79 Å². The largest absolute Gasteiger partial charge is 0.469 e. The van der Waals surface area contributed by atoms with E-state index in [2.05, 4.69) is 26.0 Å². The second kappa shape index (κ2) is 11.0. The van der Waals surface area contributed by atoms with Crippen molar-refractivity contribution in [2.45, 2.75) is 57.7 Å². The molecule has 146 valence electrons. The minimum atomic E-state index is -1.13. The highest BCUT2D eigenvalue weighted by atomic mass is 16.6. The normalized spacial score (nSPS) is 12.8. The van der Waals surface area contributed by atoms with Crippen molar-refractivity contribution in [2.24, 2.45) is 0 Å². The smallest absolute Gasteiger partial charge is 0.408 e. The Balaban J connectivity index is 5.13. The summed E-state index contributed by atoms with van der Waals surface area (Å²) in [6, 6.07) is -2.20. The maximum atomic E-state index is 12.4. The first-order valence-electron chi connectivity index (χ1n) is 7.92. The second-order valence-corrected chi connectivity index (χ2v) is 6.31. The molecule has 0 aliphatic carbocycles. The molecule has 0 fully saturated rings. The molecule has 2 amide bonds. The van der Waals surface area contributed by atoms with E-state index < -0.39 is 41.6 Å². The third kappa shape index (κ3) is 9.52. The number of hydrogen-bond donors (Lipinski definition) is 2. The Morgan fingerprint density at radius 1 is 1.04 bits per heavy atom. The van der Waals surface area contributed by atoms with Gasteiger partial charge in [-0.1, -0.05) is 0 Å². The van der Waals surface area contributed by atoms with Crippen LogP contribution in [0.5, 0.6) is 0 Å². The SMILES string of the molecule is C#CCC(NC(=O)C(CCC(=O)OC)NC(=O)OC(C)(C)C)C(=O)OC. The van der Waals surface area contributed by atoms with E-state index >= 15 is 0 Å². The van der Waals surface area contributed by atoms with Gasteiger partial charge in [-0.15, -0.1) is 12.3 Å². The summed E-state index contributed by atoms with van der Waals surface area (Å²) >= 11 is 0. The Morgan fingerprint density at radius 3 is 2.12 bits per heavy atom. The van der Waals surface area contributed by atoms with Crippen molar-refractivity contribution in [1.82, 2.24) is 10.6 Å². The predicted octanol–water partition coefficient (Wildman–Crippen LogP) is 0.514. The molecule has 0 rings (SSSR count). The minimum Gasteiger partial charge on any atom is -0.469 e. The first-order chi connectivity index (χ1) is 12.0. The van der Waals surface area contributed by atoms with E-state index in [4.69, 9.17) is 11.2 Å². The van der Waals surface area contributed by atoms with Crippen LogP contribution in [0.15, 0.2) is 0 Å². The maximum absolute atomic E-state index is 12.4. The summed E-state index contributed by atoms with van der Waals surface area (Å²) in [6.45, 7) is 4.99. The molecule has 0 aromatic heterocycles. The zero-order valence-electron chi connectivity index (χ0n) is 15.7. The maximum Gasteiger partial charge on any atom is 0.408 e. The van der Waals surface area contributed by atoms with Crippen LogP contribution in [0.3, 0.4) is 0 Å². The molecule has 0 aromatic rings. The summed E-state index contributed by atoms with van der Waals surface area (Å²) < 4.78 is 14.2. The van der Waals surface area contributed by atoms with E-state index in [-0.39, 0.29) is 19.3 Å². The van der Waals surface area contributed by atoms with Crippen molar-refractivity contribution >= 4 is 23.9 Å². The van der Waals surface area contributed by atoms with Crippen LogP contribution in [-0.2, 0) is 28.6 Å². The number of carbonyl (C=O) groups excluding carboxylic acids is 4. The summed E-state index contributed by atoms with van der Waals surface area (Å²) in [5.74, 6) is 0.278. The first kappa shape index (κ1) is 23.2. The number of nitrogens with one attached hydrogen (secondary N) is 2. The van der Waals surface area contributed by atoms with Crippen molar-refractivity contribution in [3.8, 4) is 12.3 Å². The highest BCUT2D eigenvalue weighted by Gasteiger charge is 2.29. The number of hydrogen-bond acceptors (Lipinski definition) is 7. The summed E-state index contributed by atoms with van der Waals surface area (Å²) in [6.07, 6.45) is 4.08. The lowest BCUT2D eigenvalue weighted by Crippen LogP contribution is -2.52. The van der Waals surface area contributed by atoms with E-state index in [9.17, 15) is 19.2 Å². The van der Waals surface area contributed by atoms with Gasteiger partial charge in [0.1, 0.15) is 17.7 Å². The van der Waals surface area contributed by atoms with Gasteiger partial charge >= 0.3 is 18.0 Å². The van der Waals surface area contributed by atoms with Crippen molar-refractivity contribution in [3.05, 3.63) is 0 Å². The van der Waals surface area contributed by atoms with Crippen molar-refractivity contribution < 1.29 is 33.4 Å². The fourth-order valence-corrected chi connectivity index (χ4v) is 1.81. The molecule has 2 unspecified atom stereocenters. The lowest BCUT2D eigenvalue weighted by Gasteiger charge is -2.24. The van der Waals surface area contributed by atoms with E-state index in [1.807, 2.05) is 0 Å².